The fourth-order valence-electron chi connectivity index (χ4n) is 1.50. The first kappa shape index (κ1) is 11.7. The molecule has 7 nitrogen and oxygen atoms in total. The normalized spacial score (nSPS) is 25.3. The number of aliphatic hydroxyl groups excluding tert-OH is 2. The fraction of sp³-hybridized carbons (Fsp3) is 0.750. The number of rotatable bonds is 3. The first-order valence-corrected chi connectivity index (χ1v) is 4.58. The highest BCUT2D eigenvalue weighted by Gasteiger charge is 2.38. The summed E-state index contributed by atoms with van der Waals surface area (Å²) in [5.74, 6) is -0.674. The molecule has 0 spiro atoms. The second-order valence-corrected chi connectivity index (χ2v) is 3.30. The van der Waals surface area contributed by atoms with Crippen LogP contribution >= 0.6 is 0 Å². The Balaban J connectivity index is 2.58. The Hall–Kier alpha value is -1.34. The molecule has 15 heavy (non-hydrogen) atoms. The summed E-state index contributed by atoms with van der Waals surface area (Å²) in [7, 11) is 0. The number of ether oxygens (including phenoxy) is 1. The molecule has 1 heterocycles. The van der Waals surface area contributed by atoms with Crippen LogP contribution in [0.25, 0.3) is 0 Å². The quantitative estimate of drug-likeness (QED) is 0.509. The van der Waals surface area contributed by atoms with Gasteiger partial charge in [0.2, 0.25) is 5.91 Å². The molecule has 0 aliphatic carbocycles. The van der Waals surface area contributed by atoms with Gasteiger partial charge in [-0.25, -0.2) is 4.79 Å². The van der Waals surface area contributed by atoms with Crippen molar-refractivity contribution in [2.45, 2.75) is 18.6 Å². The lowest BCUT2D eigenvalue weighted by Crippen LogP contribution is -2.44. The van der Waals surface area contributed by atoms with E-state index < -0.39 is 24.1 Å². The molecule has 0 aromatic carbocycles. The number of carbonyl (C=O) groups excluding carboxylic acids is 2. The largest absolute Gasteiger partial charge is 0.447 e. The molecule has 7 heteroatoms. The number of likely N-dealkylation sites (tertiary alicyclic amines) is 1. The third kappa shape index (κ3) is 2.80. The topological polar surface area (TPSA) is 113 Å². The van der Waals surface area contributed by atoms with Crippen LogP contribution in [-0.4, -0.2) is 59.0 Å². The van der Waals surface area contributed by atoms with Gasteiger partial charge in [0, 0.05) is 6.42 Å². The maximum absolute atomic E-state index is 11.3. The number of hydrogen-bond donors (Lipinski definition) is 3. The molecule has 86 valence electrons. The number of β-amino-alcohol motifs (C(OH)–C–C–N with tert-alkyl or cyclic N) is 1. The minimum atomic E-state index is -0.828. The molecule has 1 saturated heterocycles. The van der Waals surface area contributed by atoms with Crippen LogP contribution in [0, 0.1) is 0 Å². The highest BCUT2D eigenvalue weighted by molar-refractivity contribution is 5.85. The zero-order valence-electron chi connectivity index (χ0n) is 8.13. The molecule has 0 aromatic rings. The van der Waals surface area contributed by atoms with Crippen LogP contribution in [0.3, 0.4) is 0 Å². The molecule has 1 aliphatic heterocycles. The fourth-order valence-corrected chi connectivity index (χ4v) is 1.50. The van der Waals surface area contributed by atoms with E-state index in [4.69, 9.17) is 10.8 Å². The molecule has 0 bridgehead atoms. The predicted molar refractivity (Wildman–Crippen MR) is 48.7 cm³/mol. The van der Waals surface area contributed by atoms with Crippen molar-refractivity contribution in [2.75, 3.05) is 19.8 Å². The zero-order valence-corrected chi connectivity index (χ0v) is 8.13. The summed E-state index contributed by atoms with van der Waals surface area (Å²) < 4.78 is 4.62. The Morgan fingerprint density at radius 2 is 2.20 bits per heavy atom. The summed E-state index contributed by atoms with van der Waals surface area (Å²) in [5.41, 5.74) is 5.07. The molecule has 1 fully saturated rings. The summed E-state index contributed by atoms with van der Waals surface area (Å²) in [4.78, 5) is 23.4. The van der Waals surface area contributed by atoms with Crippen molar-refractivity contribution < 1.29 is 24.5 Å². The van der Waals surface area contributed by atoms with Crippen LogP contribution in [0.4, 0.5) is 4.79 Å². The van der Waals surface area contributed by atoms with Gasteiger partial charge in [-0.15, -0.1) is 0 Å². The summed E-state index contributed by atoms with van der Waals surface area (Å²) in [6.45, 7) is -0.405. The van der Waals surface area contributed by atoms with Gasteiger partial charge in [-0.1, -0.05) is 0 Å². The van der Waals surface area contributed by atoms with E-state index >= 15 is 0 Å². The Labute approximate surface area is 86.4 Å². The van der Waals surface area contributed by atoms with Crippen molar-refractivity contribution in [1.29, 1.82) is 0 Å². The number of hydrogen-bond acceptors (Lipinski definition) is 5. The molecule has 2 unspecified atom stereocenters. The van der Waals surface area contributed by atoms with Crippen LogP contribution < -0.4 is 5.73 Å². The van der Waals surface area contributed by atoms with E-state index in [1.54, 1.807) is 0 Å². The van der Waals surface area contributed by atoms with Gasteiger partial charge in [-0.05, 0) is 0 Å². The van der Waals surface area contributed by atoms with Crippen molar-refractivity contribution >= 4 is 12.0 Å². The summed E-state index contributed by atoms with van der Waals surface area (Å²) in [5, 5.41) is 17.7. The zero-order chi connectivity index (χ0) is 11.4. The number of nitrogens with zero attached hydrogens (tertiary/aromatic N) is 1. The number of primary amides is 1. The highest BCUT2D eigenvalue weighted by atomic mass is 16.6. The molecule has 2 atom stereocenters. The Bertz CT molecular complexity index is 257. The summed E-state index contributed by atoms with van der Waals surface area (Å²) >= 11 is 0. The first-order valence-electron chi connectivity index (χ1n) is 4.58. The van der Waals surface area contributed by atoms with Crippen molar-refractivity contribution in [1.82, 2.24) is 4.90 Å². The average molecular weight is 218 g/mol. The number of carbonyl (C=O) groups is 2. The van der Waals surface area contributed by atoms with Crippen LogP contribution in [0.5, 0.6) is 0 Å². The predicted octanol–water partition coefficient (Wildman–Crippen LogP) is -1.96. The SMILES string of the molecule is NC(=O)C1CC(O)CN1C(=O)OCCO. The Morgan fingerprint density at radius 1 is 1.53 bits per heavy atom. The third-order valence-electron chi connectivity index (χ3n) is 2.16. The van der Waals surface area contributed by atoms with Crippen molar-refractivity contribution in [3.63, 3.8) is 0 Å². The van der Waals surface area contributed by atoms with Gasteiger partial charge in [0.05, 0.1) is 19.3 Å². The molecule has 4 N–H and O–H groups in total. The number of aliphatic hydroxyl groups is 2. The van der Waals surface area contributed by atoms with E-state index in [2.05, 4.69) is 4.74 Å². The maximum atomic E-state index is 11.3. The monoisotopic (exact) mass is 218 g/mol. The van der Waals surface area contributed by atoms with E-state index in [0.717, 1.165) is 4.90 Å². The van der Waals surface area contributed by atoms with Gasteiger partial charge in [-0.2, -0.15) is 0 Å². The van der Waals surface area contributed by atoms with E-state index in [1.807, 2.05) is 0 Å². The molecule has 2 amide bonds. The lowest BCUT2D eigenvalue weighted by molar-refractivity contribution is -0.122. The van der Waals surface area contributed by atoms with Gasteiger partial charge >= 0.3 is 6.09 Å². The molecule has 0 radical (unpaired) electrons. The lowest BCUT2D eigenvalue weighted by atomic mass is 10.2. The van der Waals surface area contributed by atoms with Gasteiger partial charge < -0.3 is 20.7 Å². The Morgan fingerprint density at radius 3 is 2.73 bits per heavy atom. The van der Waals surface area contributed by atoms with Crippen molar-refractivity contribution in [3.05, 3.63) is 0 Å². The minimum Gasteiger partial charge on any atom is -0.447 e. The minimum absolute atomic E-state index is 0.0257. The van der Waals surface area contributed by atoms with E-state index in [0.29, 0.717) is 0 Å². The molecular weight excluding hydrogens is 204 g/mol. The van der Waals surface area contributed by atoms with E-state index in [1.165, 1.54) is 0 Å². The lowest BCUT2D eigenvalue weighted by Gasteiger charge is -2.20. The van der Waals surface area contributed by atoms with Crippen LogP contribution in [0.2, 0.25) is 0 Å². The van der Waals surface area contributed by atoms with Gasteiger partial charge in [0.25, 0.3) is 0 Å². The van der Waals surface area contributed by atoms with Gasteiger partial charge in [0.15, 0.2) is 0 Å². The number of amides is 2. The highest BCUT2D eigenvalue weighted by Crippen LogP contribution is 2.18. The second kappa shape index (κ2) is 4.94. The van der Waals surface area contributed by atoms with Crippen LogP contribution in [-0.2, 0) is 9.53 Å². The van der Waals surface area contributed by atoms with Crippen LogP contribution in [0.1, 0.15) is 6.42 Å². The third-order valence-corrected chi connectivity index (χ3v) is 2.16. The summed E-state index contributed by atoms with van der Waals surface area (Å²) in [6, 6.07) is -0.828. The Kier molecular flexibility index (Phi) is 3.87. The van der Waals surface area contributed by atoms with Gasteiger partial charge in [0.1, 0.15) is 12.6 Å². The van der Waals surface area contributed by atoms with Crippen LogP contribution in [0.15, 0.2) is 0 Å². The average Bonchev–Trinajstić information content (AvgIpc) is 2.57. The second-order valence-electron chi connectivity index (χ2n) is 3.30. The molecule has 1 aliphatic rings. The van der Waals surface area contributed by atoms with E-state index in [9.17, 15) is 14.7 Å². The first-order chi connectivity index (χ1) is 7.06. The van der Waals surface area contributed by atoms with Gasteiger partial charge in [-0.3, -0.25) is 9.69 Å². The van der Waals surface area contributed by atoms with Crippen molar-refractivity contribution in [3.8, 4) is 0 Å². The smallest absolute Gasteiger partial charge is 0.410 e. The van der Waals surface area contributed by atoms with E-state index in [-0.39, 0.29) is 26.2 Å². The number of nitrogens with two attached hydrogens (primary N) is 1. The maximum Gasteiger partial charge on any atom is 0.410 e. The van der Waals surface area contributed by atoms with Crippen molar-refractivity contribution in [2.24, 2.45) is 5.73 Å². The standard InChI is InChI=1S/C8H14N2O5/c9-7(13)6-3-5(12)4-10(6)8(14)15-2-1-11/h5-6,11-12H,1-4H2,(H2,9,13). The molecular formula is C8H14N2O5. The molecule has 0 saturated carbocycles. The molecule has 0 aromatic heterocycles. The molecule has 1 rings (SSSR count). The summed E-state index contributed by atoms with van der Waals surface area (Å²) in [6.07, 6.45) is -1.38.